The Kier molecular flexibility index (Phi) is 3.03. The van der Waals surface area contributed by atoms with Crippen molar-refractivity contribution in [2.75, 3.05) is 0 Å². The van der Waals surface area contributed by atoms with Crippen LogP contribution in [0.25, 0.3) is 22.7 Å². The van der Waals surface area contributed by atoms with Gasteiger partial charge in [0.1, 0.15) is 17.2 Å². The monoisotopic (exact) mass is 265 g/mol. The molecule has 0 fully saturated rings. The van der Waals surface area contributed by atoms with Crippen LogP contribution in [0, 0.1) is 13.8 Å². The first kappa shape index (κ1) is 12.5. The van der Waals surface area contributed by atoms with Crippen LogP contribution in [0.1, 0.15) is 11.3 Å². The van der Waals surface area contributed by atoms with Crippen molar-refractivity contribution in [3.63, 3.8) is 0 Å². The standard InChI is InChI=1S/C17H15NO2/c1-11-8-9-14(10-15(11)19)16-12(2)20-17(18-16)13-6-4-3-5-7-13/h3-10,19H,1-2H3. The summed E-state index contributed by atoms with van der Waals surface area (Å²) in [5, 5.41) is 9.82. The van der Waals surface area contributed by atoms with E-state index in [1.54, 1.807) is 6.07 Å². The van der Waals surface area contributed by atoms with Crippen LogP contribution in [-0.4, -0.2) is 10.1 Å². The molecule has 1 N–H and O–H groups in total. The largest absolute Gasteiger partial charge is 0.508 e. The minimum absolute atomic E-state index is 0.270. The van der Waals surface area contributed by atoms with Gasteiger partial charge in [0.25, 0.3) is 0 Å². The molecule has 0 atom stereocenters. The summed E-state index contributed by atoms with van der Waals surface area (Å²) in [6.07, 6.45) is 0. The Balaban J connectivity index is 2.07. The van der Waals surface area contributed by atoms with Crippen LogP contribution in [0.2, 0.25) is 0 Å². The first-order valence-electron chi connectivity index (χ1n) is 6.48. The highest BCUT2D eigenvalue weighted by molar-refractivity contribution is 5.67. The summed E-state index contributed by atoms with van der Waals surface area (Å²) in [6, 6.07) is 15.3. The van der Waals surface area contributed by atoms with Crippen molar-refractivity contribution in [1.82, 2.24) is 4.98 Å². The number of hydrogen-bond acceptors (Lipinski definition) is 3. The van der Waals surface area contributed by atoms with Crippen LogP contribution in [0.3, 0.4) is 0 Å². The van der Waals surface area contributed by atoms with Gasteiger partial charge in [-0.25, -0.2) is 4.98 Å². The molecule has 0 aliphatic rings. The Bertz CT molecular complexity index is 745. The van der Waals surface area contributed by atoms with E-state index in [0.29, 0.717) is 5.89 Å². The van der Waals surface area contributed by atoms with Crippen LogP contribution in [-0.2, 0) is 0 Å². The van der Waals surface area contributed by atoms with Crippen LogP contribution in [0.5, 0.6) is 5.75 Å². The van der Waals surface area contributed by atoms with E-state index in [1.807, 2.05) is 56.3 Å². The van der Waals surface area contributed by atoms with Gasteiger partial charge < -0.3 is 9.52 Å². The molecule has 0 bridgehead atoms. The molecule has 0 aliphatic carbocycles. The molecule has 1 aromatic heterocycles. The molecule has 20 heavy (non-hydrogen) atoms. The molecular weight excluding hydrogens is 250 g/mol. The zero-order valence-electron chi connectivity index (χ0n) is 11.4. The number of phenols is 1. The summed E-state index contributed by atoms with van der Waals surface area (Å²) in [5.74, 6) is 1.61. The lowest BCUT2D eigenvalue weighted by atomic mass is 10.1. The number of phenolic OH excluding ortho intramolecular Hbond substituents is 1. The molecule has 0 spiro atoms. The van der Waals surface area contributed by atoms with Crippen LogP contribution < -0.4 is 0 Å². The lowest BCUT2D eigenvalue weighted by molar-refractivity contribution is 0.471. The molecule has 3 rings (SSSR count). The van der Waals surface area contributed by atoms with Gasteiger partial charge in [0.2, 0.25) is 5.89 Å². The molecule has 2 aromatic carbocycles. The van der Waals surface area contributed by atoms with E-state index in [-0.39, 0.29) is 5.75 Å². The van der Waals surface area contributed by atoms with E-state index in [4.69, 9.17) is 4.42 Å². The lowest BCUT2D eigenvalue weighted by Gasteiger charge is -2.01. The molecule has 3 nitrogen and oxygen atoms in total. The van der Waals surface area contributed by atoms with Crippen LogP contribution in [0.4, 0.5) is 0 Å². The summed E-state index contributed by atoms with van der Waals surface area (Å²) in [5.41, 5.74) is 3.41. The van der Waals surface area contributed by atoms with Gasteiger partial charge in [-0.3, -0.25) is 0 Å². The van der Waals surface area contributed by atoms with Crippen LogP contribution >= 0.6 is 0 Å². The zero-order valence-corrected chi connectivity index (χ0v) is 11.4. The third kappa shape index (κ3) is 2.18. The highest BCUT2D eigenvalue weighted by atomic mass is 16.4. The molecule has 100 valence electrons. The molecule has 0 saturated carbocycles. The average Bonchev–Trinajstić information content (AvgIpc) is 2.85. The number of hydrogen-bond donors (Lipinski definition) is 1. The molecule has 0 saturated heterocycles. The van der Waals surface area contributed by atoms with Crippen molar-refractivity contribution in [2.24, 2.45) is 0 Å². The molecule has 0 radical (unpaired) electrons. The number of rotatable bonds is 2. The number of aromatic nitrogens is 1. The summed E-state index contributed by atoms with van der Waals surface area (Å²) in [6.45, 7) is 3.75. The number of aryl methyl sites for hydroxylation is 2. The highest BCUT2D eigenvalue weighted by Crippen LogP contribution is 2.31. The predicted molar refractivity (Wildman–Crippen MR) is 78.5 cm³/mol. The van der Waals surface area contributed by atoms with Crippen molar-refractivity contribution >= 4 is 0 Å². The van der Waals surface area contributed by atoms with E-state index in [9.17, 15) is 5.11 Å². The van der Waals surface area contributed by atoms with Crippen molar-refractivity contribution < 1.29 is 9.52 Å². The first-order valence-corrected chi connectivity index (χ1v) is 6.48. The van der Waals surface area contributed by atoms with E-state index < -0.39 is 0 Å². The molecule has 0 unspecified atom stereocenters. The fourth-order valence-corrected chi connectivity index (χ4v) is 2.13. The molecule has 0 amide bonds. The molecule has 3 aromatic rings. The maximum absolute atomic E-state index is 9.82. The third-order valence-corrected chi connectivity index (χ3v) is 3.30. The van der Waals surface area contributed by atoms with Gasteiger partial charge in [-0.1, -0.05) is 30.3 Å². The maximum Gasteiger partial charge on any atom is 0.226 e. The Hall–Kier alpha value is -2.55. The fourth-order valence-electron chi connectivity index (χ4n) is 2.13. The summed E-state index contributed by atoms with van der Waals surface area (Å²) < 4.78 is 5.73. The number of nitrogens with zero attached hydrogens (tertiary/aromatic N) is 1. The smallest absolute Gasteiger partial charge is 0.226 e. The number of benzene rings is 2. The topological polar surface area (TPSA) is 46.3 Å². The second-order valence-electron chi connectivity index (χ2n) is 4.79. The van der Waals surface area contributed by atoms with Gasteiger partial charge >= 0.3 is 0 Å². The normalized spacial score (nSPS) is 10.7. The predicted octanol–water partition coefficient (Wildman–Crippen LogP) is 4.33. The van der Waals surface area contributed by atoms with Gasteiger partial charge in [0.05, 0.1) is 0 Å². The molecular formula is C17H15NO2. The summed E-state index contributed by atoms with van der Waals surface area (Å²) >= 11 is 0. The average molecular weight is 265 g/mol. The Morgan fingerprint density at radius 1 is 0.950 bits per heavy atom. The second kappa shape index (κ2) is 4.85. The SMILES string of the molecule is Cc1ccc(-c2nc(-c3ccccc3)oc2C)cc1O. The van der Waals surface area contributed by atoms with Gasteiger partial charge in [0, 0.05) is 11.1 Å². The third-order valence-electron chi connectivity index (χ3n) is 3.30. The minimum atomic E-state index is 0.270. The first-order chi connectivity index (χ1) is 9.65. The maximum atomic E-state index is 9.82. The highest BCUT2D eigenvalue weighted by Gasteiger charge is 2.13. The summed E-state index contributed by atoms with van der Waals surface area (Å²) in [7, 11) is 0. The molecule has 1 heterocycles. The molecule has 0 aliphatic heterocycles. The minimum Gasteiger partial charge on any atom is -0.508 e. The molecule has 3 heteroatoms. The van der Waals surface area contributed by atoms with Gasteiger partial charge in [-0.2, -0.15) is 0 Å². The number of aromatic hydroxyl groups is 1. The van der Waals surface area contributed by atoms with Gasteiger partial charge in [0.15, 0.2) is 0 Å². The zero-order chi connectivity index (χ0) is 14.1. The van der Waals surface area contributed by atoms with Gasteiger partial charge in [-0.05, 0) is 37.6 Å². The Morgan fingerprint density at radius 2 is 1.70 bits per heavy atom. The Labute approximate surface area is 117 Å². The Morgan fingerprint density at radius 3 is 2.40 bits per heavy atom. The number of oxazole rings is 1. The quantitative estimate of drug-likeness (QED) is 0.750. The summed E-state index contributed by atoms with van der Waals surface area (Å²) in [4.78, 5) is 4.54. The van der Waals surface area contributed by atoms with E-state index in [1.165, 1.54) is 0 Å². The van der Waals surface area contributed by atoms with E-state index in [0.717, 1.165) is 28.1 Å². The lowest BCUT2D eigenvalue weighted by Crippen LogP contribution is -1.83. The van der Waals surface area contributed by atoms with Gasteiger partial charge in [-0.15, -0.1) is 0 Å². The van der Waals surface area contributed by atoms with Crippen molar-refractivity contribution in [1.29, 1.82) is 0 Å². The van der Waals surface area contributed by atoms with Crippen molar-refractivity contribution in [3.05, 3.63) is 59.9 Å². The van der Waals surface area contributed by atoms with E-state index in [2.05, 4.69) is 4.98 Å². The second-order valence-corrected chi connectivity index (χ2v) is 4.79. The fraction of sp³-hybridized carbons (Fsp3) is 0.118. The van der Waals surface area contributed by atoms with Crippen LogP contribution in [0.15, 0.2) is 52.9 Å². The van der Waals surface area contributed by atoms with Crippen molar-refractivity contribution in [2.45, 2.75) is 13.8 Å². The van der Waals surface area contributed by atoms with E-state index >= 15 is 0 Å². The van der Waals surface area contributed by atoms with Crippen molar-refractivity contribution in [3.8, 4) is 28.5 Å².